The van der Waals surface area contributed by atoms with Gasteiger partial charge in [-0.05, 0) is 6.07 Å². The first-order chi connectivity index (χ1) is 8.86. The summed E-state index contributed by atoms with van der Waals surface area (Å²) in [5, 5.41) is 13.1. The summed E-state index contributed by atoms with van der Waals surface area (Å²) < 4.78 is 1.77. The van der Waals surface area contributed by atoms with Crippen LogP contribution >= 0.6 is 0 Å². The fraction of sp³-hybridized carbons (Fsp3) is 0.500. The third-order valence-electron chi connectivity index (χ3n) is 3.36. The van der Waals surface area contributed by atoms with Gasteiger partial charge in [-0.15, -0.1) is 0 Å². The Hall–Kier alpha value is -1.66. The fourth-order valence-electron chi connectivity index (χ4n) is 2.32. The third-order valence-corrected chi connectivity index (χ3v) is 3.36. The Kier molecular flexibility index (Phi) is 3.12. The monoisotopic (exact) mass is 247 g/mol. The van der Waals surface area contributed by atoms with Gasteiger partial charge in [0, 0.05) is 45.0 Å². The third kappa shape index (κ3) is 2.16. The molecular formula is C12H17N5O. The van der Waals surface area contributed by atoms with Gasteiger partial charge in [0.25, 0.3) is 0 Å². The lowest BCUT2D eigenvalue weighted by Crippen LogP contribution is -2.47. The van der Waals surface area contributed by atoms with E-state index in [0.29, 0.717) is 0 Å². The van der Waals surface area contributed by atoms with Gasteiger partial charge >= 0.3 is 0 Å². The molecule has 0 unspecified atom stereocenters. The molecule has 2 aromatic heterocycles. The number of aliphatic hydroxyl groups excluding tert-OH is 1. The van der Waals surface area contributed by atoms with E-state index in [2.05, 4.69) is 19.9 Å². The van der Waals surface area contributed by atoms with Crippen LogP contribution in [0.4, 0.5) is 5.82 Å². The fourth-order valence-corrected chi connectivity index (χ4v) is 2.32. The zero-order valence-electron chi connectivity index (χ0n) is 10.2. The van der Waals surface area contributed by atoms with Crippen LogP contribution < -0.4 is 4.90 Å². The van der Waals surface area contributed by atoms with Gasteiger partial charge in [-0.3, -0.25) is 4.90 Å². The van der Waals surface area contributed by atoms with Gasteiger partial charge < -0.3 is 10.0 Å². The molecule has 6 heteroatoms. The molecule has 1 aliphatic heterocycles. The van der Waals surface area contributed by atoms with Crippen LogP contribution in [0.2, 0.25) is 0 Å². The van der Waals surface area contributed by atoms with E-state index in [-0.39, 0.29) is 6.61 Å². The number of fused-ring (bicyclic) bond motifs is 1. The Labute approximate surface area is 105 Å². The first-order valence-corrected chi connectivity index (χ1v) is 6.25. The summed E-state index contributed by atoms with van der Waals surface area (Å²) in [6.07, 6.45) is 3.70. The van der Waals surface area contributed by atoms with E-state index < -0.39 is 0 Å². The molecule has 0 spiro atoms. The molecule has 0 aromatic carbocycles. The van der Waals surface area contributed by atoms with Crippen molar-refractivity contribution in [1.82, 2.24) is 19.5 Å². The first kappa shape index (κ1) is 11.4. The quantitative estimate of drug-likeness (QED) is 0.817. The summed E-state index contributed by atoms with van der Waals surface area (Å²) in [7, 11) is 0. The van der Waals surface area contributed by atoms with E-state index >= 15 is 0 Å². The molecule has 96 valence electrons. The summed E-state index contributed by atoms with van der Waals surface area (Å²) in [5.74, 6) is 1.01. The number of rotatable bonds is 3. The predicted molar refractivity (Wildman–Crippen MR) is 68.7 cm³/mol. The number of β-amino-alcohol motifs (C(OH)–C–C–N with tert-alkyl or cyclic N) is 1. The summed E-state index contributed by atoms with van der Waals surface area (Å²) in [6.45, 7) is 4.87. The van der Waals surface area contributed by atoms with E-state index in [9.17, 15) is 0 Å². The summed E-state index contributed by atoms with van der Waals surface area (Å²) in [4.78, 5) is 9.14. The molecule has 6 nitrogen and oxygen atoms in total. The van der Waals surface area contributed by atoms with Crippen molar-refractivity contribution >= 4 is 11.5 Å². The van der Waals surface area contributed by atoms with E-state index in [1.807, 2.05) is 18.3 Å². The average molecular weight is 247 g/mol. The van der Waals surface area contributed by atoms with Gasteiger partial charge in [-0.1, -0.05) is 0 Å². The highest BCUT2D eigenvalue weighted by molar-refractivity contribution is 5.47. The first-order valence-electron chi connectivity index (χ1n) is 6.25. The number of nitrogens with zero attached hydrogens (tertiary/aromatic N) is 5. The van der Waals surface area contributed by atoms with Crippen molar-refractivity contribution in [2.75, 3.05) is 44.2 Å². The van der Waals surface area contributed by atoms with Gasteiger partial charge in [-0.25, -0.2) is 9.50 Å². The molecule has 18 heavy (non-hydrogen) atoms. The molecule has 0 saturated carbocycles. The van der Waals surface area contributed by atoms with Crippen molar-refractivity contribution in [3.63, 3.8) is 0 Å². The van der Waals surface area contributed by atoms with Crippen LogP contribution in [0.5, 0.6) is 0 Å². The van der Waals surface area contributed by atoms with Crippen LogP contribution in [0.25, 0.3) is 5.65 Å². The summed E-state index contributed by atoms with van der Waals surface area (Å²) in [6, 6.07) is 3.91. The average Bonchev–Trinajstić information content (AvgIpc) is 2.87. The van der Waals surface area contributed by atoms with Gasteiger partial charge in [0.1, 0.15) is 5.82 Å². The number of hydrogen-bond acceptors (Lipinski definition) is 5. The summed E-state index contributed by atoms with van der Waals surface area (Å²) in [5.41, 5.74) is 0.880. The highest BCUT2D eigenvalue weighted by Gasteiger charge is 2.17. The molecule has 0 bridgehead atoms. The minimum atomic E-state index is 0.236. The molecule has 0 atom stereocenters. The highest BCUT2D eigenvalue weighted by Crippen LogP contribution is 2.14. The second-order valence-corrected chi connectivity index (χ2v) is 4.47. The second-order valence-electron chi connectivity index (χ2n) is 4.47. The molecule has 1 N–H and O–H groups in total. The number of piperazine rings is 1. The van der Waals surface area contributed by atoms with Crippen molar-refractivity contribution in [2.24, 2.45) is 0 Å². The van der Waals surface area contributed by atoms with Gasteiger partial charge in [0.05, 0.1) is 12.8 Å². The van der Waals surface area contributed by atoms with E-state index in [1.165, 1.54) is 0 Å². The standard InChI is InChI=1S/C12H17N5O/c18-10-9-15-5-7-16(8-6-15)11-2-4-17-12(14-11)1-3-13-17/h1-4,18H,5-10H2. The smallest absolute Gasteiger partial charge is 0.157 e. The predicted octanol–water partition coefficient (Wildman–Crippen LogP) is -0.156. The van der Waals surface area contributed by atoms with Crippen LogP contribution in [0.1, 0.15) is 0 Å². The van der Waals surface area contributed by atoms with Gasteiger partial charge in [0.15, 0.2) is 5.65 Å². The summed E-state index contributed by atoms with van der Waals surface area (Å²) >= 11 is 0. The van der Waals surface area contributed by atoms with Crippen molar-refractivity contribution in [3.8, 4) is 0 Å². The van der Waals surface area contributed by atoms with Crippen LogP contribution in [0, 0.1) is 0 Å². The maximum absolute atomic E-state index is 8.92. The highest BCUT2D eigenvalue weighted by atomic mass is 16.3. The van der Waals surface area contributed by atoms with Gasteiger partial charge in [0.2, 0.25) is 0 Å². The van der Waals surface area contributed by atoms with Crippen LogP contribution in [-0.4, -0.2) is 63.9 Å². The molecular weight excluding hydrogens is 230 g/mol. The number of aliphatic hydroxyl groups is 1. The normalized spacial score (nSPS) is 17.5. The molecule has 3 rings (SSSR count). The zero-order valence-corrected chi connectivity index (χ0v) is 10.2. The maximum Gasteiger partial charge on any atom is 0.157 e. The Morgan fingerprint density at radius 3 is 2.78 bits per heavy atom. The minimum absolute atomic E-state index is 0.236. The van der Waals surface area contributed by atoms with E-state index in [0.717, 1.165) is 44.2 Å². The lowest BCUT2D eigenvalue weighted by molar-refractivity contribution is 0.188. The molecule has 1 fully saturated rings. The number of aromatic nitrogens is 3. The van der Waals surface area contributed by atoms with Crippen LogP contribution in [0.3, 0.4) is 0 Å². The zero-order chi connectivity index (χ0) is 12.4. The molecule has 1 aliphatic rings. The van der Waals surface area contributed by atoms with Gasteiger partial charge in [-0.2, -0.15) is 5.10 Å². The Morgan fingerprint density at radius 1 is 1.17 bits per heavy atom. The van der Waals surface area contributed by atoms with Crippen molar-refractivity contribution in [2.45, 2.75) is 0 Å². The molecule has 3 heterocycles. The largest absolute Gasteiger partial charge is 0.395 e. The Morgan fingerprint density at radius 2 is 2.00 bits per heavy atom. The molecule has 2 aromatic rings. The number of anilines is 1. The molecule has 0 aliphatic carbocycles. The molecule has 1 saturated heterocycles. The topological polar surface area (TPSA) is 56.9 Å². The van der Waals surface area contributed by atoms with Crippen molar-refractivity contribution in [1.29, 1.82) is 0 Å². The van der Waals surface area contributed by atoms with E-state index in [4.69, 9.17) is 5.11 Å². The second kappa shape index (κ2) is 4.91. The van der Waals surface area contributed by atoms with Crippen molar-refractivity contribution in [3.05, 3.63) is 24.5 Å². The Balaban J connectivity index is 1.71. The van der Waals surface area contributed by atoms with Crippen LogP contribution in [-0.2, 0) is 0 Å². The maximum atomic E-state index is 8.92. The SMILES string of the molecule is OCCN1CCN(c2ccn3nccc3n2)CC1. The number of hydrogen-bond donors (Lipinski definition) is 1. The minimum Gasteiger partial charge on any atom is -0.395 e. The van der Waals surface area contributed by atoms with Crippen LogP contribution in [0.15, 0.2) is 24.5 Å². The lowest BCUT2D eigenvalue weighted by atomic mass is 10.3. The lowest BCUT2D eigenvalue weighted by Gasteiger charge is -2.35. The molecule has 0 amide bonds. The van der Waals surface area contributed by atoms with Crippen molar-refractivity contribution < 1.29 is 5.11 Å². The Bertz CT molecular complexity index is 518. The molecule has 0 radical (unpaired) electrons. The van der Waals surface area contributed by atoms with E-state index in [1.54, 1.807) is 10.7 Å².